The van der Waals surface area contributed by atoms with Crippen molar-refractivity contribution in [2.45, 2.75) is 70.8 Å². The molecule has 1 aliphatic rings. The molecule has 7 heteroatoms. The number of rotatable bonds is 13. The maximum Gasteiger partial charge on any atom is 0.305 e. The molecule has 0 bridgehead atoms. The molecular weight excluding hydrogens is 456 g/mol. The number of fused-ring (bicyclic) bond motifs is 2. The smallest absolute Gasteiger partial charge is 0.305 e. The molecule has 0 saturated carbocycles. The van der Waals surface area contributed by atoms with E-state index < -0.39 is 0 Å². The Labute approximate surface area is 212 Å². The van der Waals surface area contributed by atoms with Crippen LogP contribution >= 0.6 is 11.3 Å². The van der Waals surface area contributed by atoms with E-state index in [1.807, 2.05) is 18.2 Å². The van der Waals surface area contributed by atoms with E-state index in [0.717, 1.165) is 55.5 Å². The molecule has 0 fully saturated rings. The van der Waals surface area contributed by atoms with E-state index in [1.54, 1.807) is 0 Å². The first-order chi connectivity index (χ1) is 17.0. The summed E-state index contributed by atoms with van der Waals surface area (Å²) in [6.07, 6.45) is 10.4. The van der Waals surface area contributed by atoms with Crippen molar-refractivity contribution in [3.8, 4) is 5.75 Å². The Balaban J connectivity index is 1.11. The van der Waals surface area contributed by atoms with Crippen molar-refractivity contribution in [2.75, 3.05) is 31.9 Å². The number of nitrogens with one attached hydrogen (secondary N) is 2. The quantitative estimate of drug-likeness (QED) is 0.154. The van der Waals surface area contributed by atoms with Crippen LogP contribution in [0.2, 0.25) is 0 Å². The maximum absolute atomic E-state index is 11.5. The van der Waals surface area contributed by atoms with Gasteiger partial charge in [-0.05, 0) is 112 Å². The van der Waals surface area contributed by atoms with E-state index in [1.165, 1.54) is 66.7 Å². The number of aromatic nitrogens is 1. The Morgan fingerprint density at radius 2 is 1.97 bits per heavy atom. The highest BCUT2D eigenvalue weighted by molar-refractivity contribution is 7.16. The maximum atomic E-state index is 11.5. The molecule has 6 nitrogen and oxygen atoms in total. The van der Waals surface area contributed by atoms with E-state index in [9.17, 15) is 9.90 Å². The molecule has 190 valence electrons. The Bertz CT molecular complexity index is 1160. The third-order valence-corrected chi connectivity index (χ3v) is 8.05. The molecule has 0 spiro atoms. The van der Waals surface area contributed by atoms with Crippen LogP contribution in [-0.4, -0.2) is 47.2 Å². The van der Waals surface area contributed by atoms with Crippen LogP contribution < -0.4 is 15.9 Å². The number of aryl methyl sites for hydroxylation is 1. The summed E-state index contributed by atoms with van der Waals surface area (Å²) in [5.74, 6) is 0.222. The summed E-state index contributed by atoms with van der Waals surface area (Å²) < 4.78 is 1.05. The van der Waals surface area contributed by atoms with Gasteiger partial charge in [0.15, 0.2) is 0 Å². The molecule has 3 aromatic rings. The van der Waals surface area contributed by atoms with Crippen LogP contribution in [0.25, 0.3) is 10.2 Å². The minimum atomic E-state index is 0.0171. The molecule has 1 heterocycles. The van der Waals surface area contributed by atoms with Crippen molar-refractivity contribution < 1.29 is 5.11 Å². The van der Waals surface area contributed by atoms with E-state index in [4.69, 9.17) is 5.73 Å². The number of H-pyrrole nitrogens is 1. The Kier molecular flexibility index (Phi) is 9.24. The number of nitrogens with zero attached hydrogens (tertiary/aromatic N) is 1. The first kappa shape index (κ1) is 25.7. The van der Waals surface area contributed by atoms with E-state index in [2.05, 4.69) is 34.3 Å². The summed E-state index contributed by atoms with van der Waals surface area (Å²) in [7, 11) is 0. The second-order valence-electron chi connectivity index (χ2n) is 9.87. The van der Waals surface area contributed by atoms with Gasteiger partial charge in [0.25, 0.3) is 0 Å². The third-order valence-electron chi connectivity index (χ3n) is 7.20. The number of hydrogen-bond donors (Lipinski definition) is 4. The number of nitrogens with two attached hydrogens (primary N) is 1. The van der Waals surface area contributed by atoms with Crippen LogP contribution in [0.4, 0.5) is 5.69 Å². The summed E-state index contributed by atoms with van der Waals surface area (Å²) in [5, 5.41) is 13.5. The molecule has 4 rings (SSSR count). The standard InChI is InChI=1S/C28H40N4O2S/c1-2-14-32(23-9-8-21-19-26(33)24(29)18-22(21)17-23)15-6-4-3-5-12-30-13-11-20-7-10-25-27(16-20)35-28(34)31-25/h7,10,16,18-19,23,30,33H,2-6,8-9,11-15,17,29H2,1H3,(H,31,34)/t23-/m1/s1. The second-order valence-corrected chi connectivity index (χ2v) is 10.9. The minimum Gasteiger partial charge on any atom is -0.506 e. The van der Waals surface area contributed by atoms with Crippen LogP contribution in [0, 0.1) is 0 Å². The van der Waals surface area contributed by atoms with Crippen molar-refractivity contribution in [3.63, 3.8) is 0 Å². The second kappa shape index (κ2) is 12.6. The molecule has 35 heavy (non-hydrogen) atoms. The highest BCUT2D eigenvalue weighted by atomic mass is 32.1. The highest BCUT2D eigenvalue weighted by Crippen LogP contribution is 2.31. The summed E-state index contributed by atoms with van der Waals surface area (Å²) >= 11 is 1.28. The van der Waals surface area contributed by atoms with Gasteiger partial charge >= 0.3 is 4.87 Å². The third kappa shape index (κ3) is 7.09. The topological polar surface area (TPSA) is 94.4 Å². The van der Waals surface area contributed by atoms with Gasteiger partial charge in [-0.1, -0.05) is 37.2 Å². The molecule has 1 aromatic heterocycles. The lowest BCUT2D eigenvalue weighted by Gasteiger charge is -2.35. The summed E-state index contributed by atoms with van der Waals surface area (Å²) in [6, 6.07) is 10.7. The number of anilines is 1. The predicted molar refractivity (Wildman–Crippen MR) is 148 cm³/mol. The average Bonchev–Trinajstić information content (AvgIpc) is 3.22. The van der Waals surface area contributed by atoms with Gasteiger partial charge in [-0.25, -0.2) is 0 Å². The van der Waals surface area contributed by atoms with E-state index in [0.29, 0.717) is 11.7 Å². The number of hydrogen-bond acceptors (Lipinski definition) is 6. The number of aromatic amines is 1. The molecule has 1 atom stereocenters. The highest BCUT2D eigenvalue weighted by Gasteiger charge is 2.24. The molecule has 0 aliphatic heterocycles. The van der Waals surface area contributed by atoms with Crippen molar-refractivity contribution in [2.24, 2.45) is 0 Å². The normalized spacial score (nSPS) is 15.7. The molecule has 5 N–H and O–H groups in total. The molecule has 0 saturated heterocycles. The van der Waals surface area contributed by atoms with Crippen molar-refractivity contribution in [1.82, 2.24) is 15.2 Å². The SMILES string of the molecule is CCCN(CCCCCCNCCc1ccc2[nH]c(=O)sc2c1)[C@@H]1CCc2cc(O)c(N)cc2C1. The molecule has 0 radical (unpaired) electrons. The summed E-state index contributed by atoms with van der Waals surface area (Å²) in [4.78, 5) is 17.0. The zero-order chi connectivity index (χ0) is 24.6. The van der Waals surface area contributed by atoms with Gasteiger partial charge < -0.3 is 26.0 Å². The van der Waals surface area contributed by atoms with E-state index in [-0.39, 0.29) is 10.6 Å². The van der Waals surface area contributed by atoms with Crippen LogP contribution in [-0.2, 0) is 19.3 Å². The van der Waals surface area contributed by atoms with Crippen molar-refractivity contribution in [1.29, 1.82) is 0 Å². The fraction of sp³-hybridized carbons (Fsp3) is 0.536. The largest absolute Gasteiger partial charge is 0.506 e. The fourth-order valence-electron chi connectivity index (χ4n) is 5.29. The lowest BCUT2D eigenvalue weighted by atomic mass is 9.86. The zero-order valence-corrected chi connectivity index (χ0v) is 21.8. The number of benzene rings is 2. The monoisotopic (exact) mass is 496 g/mol. The zero-order valence-electron chi connectivity index (χ0n) is 20.9. The lowest BCUT2D eigenvalue weighted by Crippen LogP contribution is -2.40. The van der Waals surface area contributed by atoms with Crippen molar-refractivity contribution in [3.05, 3.63) is 56.7 Å². The Morgan fingerprint density at radius 1 is 1.11 bits per heavy atom. The van der Waals surface area contributed by atoms with Gasteiger partial charge in [0.05, 0.1) is 15.9 Å². The van der Waals surface area contributed by atoms with Gasteiger partial charge in [0.2, 0.25) is 0 Å². The molecule has 1 aliphatic carbocycles. The van der Waals surface area contributed by atoms with Gasteiger partial charge in [0, 0.05) is 6.04 Å². The lowest BCUT2D eigenvalue weighted by molar-refractivity contribution is 0.176. The van der Waals surface area contributed by atoms with Crippen LogP contribution in [0.5, 0.6) is 5.75 Å². The van der Waals surface area contributed by atoms with Gasteiger partial charge in [-0.15, -0.1) is 0 Å². The van der Waals surface area contributed by atoms with Gasteiger partial charge in [0.1, 0.15) is 5.75 Å². The molecule has 2 aromatic carbocycles. The average molecular weight is 497 g/mol. The number of nitrogen functional groups attached to an aromatic ring is 1. The minimum absolute atomic E-state index is 0.0171. The fourth-order valence-corrected chi connectivity index (χ4v) is 6.09. The van der Waals surface area contributed by atoms with Crippen LogP contribution in [0.15, 0.2) is 35.1 Å². The first-order valence-electron chi connectivity index (χ1n) is 13.2. The molecular formula is C28H40N4O2S. The number of phenolic OH excluding ortho intramolecular Hbond substituents is 1. The van der Waals surface area contributed by atoms with Gasteiger partial charge in [-0.3, -0.25) is 4.79 Å². The Hall–Kier alpha value is -2.35. The summed E-state index contributed by atoms with van der Waals surface area (Å²) in [5.41, 5.74) is 11.2. The van der Waals surface area contributed by atoms with Crippen LogP contribution in [0.3, 0.4) is 0 Å². The number of unbranched alkanes of at least 4 members (excludes halogenated alkanes) is 3. The number of thiazole rings is 1. The van der Waals surface area contributed by atoms with E-state index >= 15 is 0 Å². The number of aromatic hydroxyl groups is 1. The number of phenols is 1. The van der Waals surface area contributed by atoms with Crippen LogP contribution in [0.1, 0.15) is 62.1 Å². The summed E-state index contributed by atoms with van der Waals surface area (Å²) in [6.45, 7) is 6.62. The molecule has 0 amide bonds. The van der Waals surface area contributed by atoms with Crippen molar-refractivity contribution >= 4 is 27.2 Å². The van der Waals surface area contributed by atoms with Gasteiger partial charge in [-0.2, -0.15) is 0 Å². The predicted octanol–water partition coefficient (Wildman–Crippen LogP) is 4.84. The molecule has 0 unspecified atom stereocenters. The first-order valence-corrected chi connectivity index (χ1v) is 14.0. The Morgan fingerprint density at radius 3 is 2.83 bits per heavy atom.